The van der Waals surface area contributed by atoms with Gasteiger partial charge in [-0.15, -0.1) is 0 Å². The maximum Gasteiger partial charge on any atom is 0.416 e. The van der Waals surface area contributed by atoms with Crippen LogP contribution in [-0.2, 0) is 11.0 Å². The van der Waals surface area contributed by atoms with Crippen molar-refractivity contribution in [2.45, 2.75) is 44.3 Å². The van der Waals surface area contributed by atoms with Gasteiger partial charge in [0.25, 0.3) is 5.91 Å². The highest BCUT2D eigenvalue weighted by Gasteiger charge is 2.37. The maximum absolute atomic E-state index is 12.9. The molecule has 0 spiro atoms. The van der Waals surface area contributed by atoms with Crippen molar-refractivity contribution in [3.8, 4) is 11.3 Å². The molecule has 2 aliphatic rings. The molecule has 152 valence electrons. The predicted octanol–water partition coefficient (Wildman–Crippen LogP) is 6.50. The second-order valence-electron chi connectivity index (χ2n) is 7.12. The van der Waals surface area contributed by atoms with Crippen LogP contribution in [0.3, 0.4) is 0 Å². The normalized spacial score (nSPS) is 20.1. The Morgan fingerprint density at radius 2 is 1.90 bits per heavy atom. The Kier molecular flexibility index (Phi) is 5.57. The van der Waals surface area contributed by atoms with E-state index in [1.165, 1.54) is 24.2 Å². The van der Waals surface area contributed by atoms with Gasteiger partial charge in [-0.2, -0.15) is 13.2 Å². The van der Waals surface area contributed by atoms with E-state index in [9.17, 15) is 18.0 Å². The number of amides is 1. The van der Waals surface area contributed by atoms with Crippen molar-refractivity contribution >= 4 is 40.3 Å². The number of carbonyl (C=O) groups is 1. The largest absolute Gasteiger partial charge is 0.457 e. The van der Waals surface area contributed by atoms with Crippen LogP contribution in [-0.4, -0.2) is 21.2 Å². The van der Waals surface area contributed by atoms with Crippen molar-refractivity contribution in [2.75, 3.05) is 0 Å². The number of furan rings is 1. The number of benzene rings is 1. The lowest BCUT2D eigenvalue weighted by molar-refractivity contribution is -0.137. The fraction of sp³-hybridized carbons (Fsp3) is 0.333. The van der Waals surface area contributed by atoms with Gasteiger partial charge in [0.05, 0.1) is 10.5 Å². The summed E-state index contributed by atoms with van der Waals surface area (Å²) >= 11 is 6.65. The Morgan fingerprint density at radius 3 is 2.62 bits per heavy atom. The average molecular weight is 438 g/mol. The minimum absolute atomic E-state index is 0.121. The summed E-state index contributed by atoms with van der Waals surface area (Å²) < 4.78 is 45.0. The first-order chi connectivity index (χ1) is 13.8. The molecule has 0 N–H and O–H groups in total. The third-order valence-corrected chi connectivity index (χ3v) is 6.47. The van der Waals surface area contributed by atoms with E-state index in [2.05, 4.69) is 0 Å². The van der Waals surface area contributed by atoms with E-state index in [4.69, 9.17) is 16.6 Å². The number of hydrogen-bond donors (Lipinski definition) is 0. The number of halogens is 3. The lowest BCUT2D eigenvalue weighted by Gasteiger charge is -2.29. The first-order valence-corrected chi connectivity index (χ1v) is 10.6. The SMILES string of the molecule is O=C1/C(=C/c2ccc(-c3cccc(C(F)(F)F)c3)o2)SC(=S)N1C1CCCCC1. The van der Waals surface area contributed by atoms with Gasteiger partial charge in [-0.3, -0.25) is 9.69 Å². The Bertz CT molecular complexity index is 974. The zero-order valence-electron chi connectivity index (χ0n) is 15.4. The highest BCUT2D eigenvalue weighted by Crippen LogP contribution is 2.38. The van der Waals surface area contributed by atoms with Crippen molar-refractivity contribution in [1.82, 2.24) is 4.90 Å². The van der Waals surface area contributed by atoms with Crippen molar-refractivity contribution in [1.29, 1.82) is 0 Å². The number of carbonyl (C=O) groups excluding carboxylic acids is 1. The molecule has 8 heteroatoms. The van der Waals surface area contributed by atoms with Crippen LogP contribution in [0.5, 0.6) is 0 Å². The molecule has 0 unspecified atom stereocenters. The molecule has 1 amide bonds. The number of thioether (sulfide) groups is 1. The number of rotatable bonds is 3. The minimum atomic E-state index is -4.42. The highest BCUT2D eigenvalue weighted by molar-refractivity contribution is 8.26. The summed E-state index contributed by atoms with van der Waals surface area (Å²) in [6, 6.07) is 8.36. The van der Waals surface area contributed by atoms with Crippen LogP contribution in [0.25, 0.3) is 17.4 Å². The quantitative estimate of drug-likeness (QED) is 0.405. The Labute approximate surface area is 175 Å². The molecule has 0 radical (unpaired) electrons. The van der Waals surface area contributed by atoms with Crippen LogP contribution in [0.4, 0.5) is 13.2 Å². The Hall–Kier alpha value is -2.06. The van der Waals surface area contributed by atoms with E-state index < -0.39 is 11.7 Å². The molecule has 0 atom stereocenters. The lowest BCUT2D eigenvalue weighted by atomic mass is 9.94. The molecule has 1 saturated carbocycles. The van der Waals surface area contributed by atoms with Crippen LogP contribution in [0.15, 0.2) is 45.7 Å². The monoisotopic (exact) mass is 437 g/mol. The van der Waals surface area contributed by atoms with E-state index in [-0.39, 0.29) is 11.9 Å². The first-order valence-electron chi connectivity index (χ1n) is 9.37. The molecule has 1 aliphatic carbocycles. The molecule has 29 heavy (non-hydrogen) atoms. The number of hydrogen-bond acceptors (Lipinski definition) is 4. The van der Waals surface area contributed by atoms with E-state index in [0.717, 1.165) is 37.8 Å². The lowest BCUT2D eigenvalue weighted by Crippen LogP contribution is -2.39. The third kappa shape index (κ3) is 4.28. The highest BCUT2D eigenvalue weighted by atomic mass is 32.2. The molecule has 3 nitrogen and oxygen atoms in total. The summed E-state index contributed by atoms with van der Waals surface area (Å²) in [5, 5.41) is 0. The van der Waals surface area contributed by atoms with E-state index >= 15 is 0 Å². The Morgan fingerprint density at radius 1 is 1.14 bits per heavy atom. The molecule has 2 heterocycles. The maximum atomic E-state index is 12.9. The van der Waals surface area contributed by atoms with Gasteiger partial charge in [0.2, 0.25) is 0 Å². The summed E-state index contributed by atoms with van der Waals surface area (Å²) in [5.41, 5.74) is -0.407. The molecule has 1 saturated heterocycles. The van der Waals surface area contributed by atoms with E-state index in [1.807, 2.05) is 0 Å². The van der Waals surface area contributed by atoms with Crippen LogP contribution >= 0.6 is 24.0 Å². The van der Waals surface area contributed by atoms with E-state index in [0.29, 0.717) is 26.3 Å². The zero-order valence-corrected chi connectivity index (χ0v) is 17.0. The second-order valence-corrected chi connectivity index (χ2v) is 8.80. The van der Waals surface area contributed by atoms with Gasteiger partial charge >= 0.3 is 6.18 Å². The van der Waals surface area contributed by atoms with Gasteiger partial charge in [-0.1, -0.05) is 55.4 Å². The van der Waals surface area contributed by atoms with Crippen molar-refractivity contribution in [3.05, 3.63) is 52.6 Å². The summed E-state index contributed by atoms with van der Waals surface area (Å²) in [6.07, 6.45) is 2.49. The molecule has 1 aromatic carbocycles. The fourth-order valence-electron chi connectivity index (χ4n) is 3.70. The van der Waals surface area contributed by atoms with Gasteiger partial charge in [0.1, 0.15) is 15.8 Å². The van der Waals surface area contributed by atoms with Crippen LogP contribution < -0.4 is 0 Å². The van der Waals surface area contributed by atoms with Gasteiger partial charge < -0.3 is 4.42 Å². The topological polar surface area (TPSA) is 33.5 Å². The fourth-order valence-corrected chi connectivity index (χ4v) is 5.08. The van der Waals surface area contributed by atoms with E-state index in [1.54, 1.807) is 29.2 Å². The molecule has 1 aliphatic heterocycles. The number of alkyl halides is 3. The molecule has 1 aromatic heterocycles. The predicted molar refractivity (Wildman–Crippen MR) is 111 cm³/mol. The van der Waals surface area contributed by atoms with Crippen molar-refractivity contribution in [3.63, 3.8) is 0 Å². The van der Waals surface area contributed by atoms with Crippen LogP contribution in [0.1, 0.15) is 43.4 Å². The van der Waals surface area contributed by atoms with Crippen molar-refractivity contribution in [2.24, 2.45) is 0 Å². The molecule has 0 bridgehead atoms. The van der Waals surface area contributed by atoms with Gasteiger partial charge in [0, 0.05) is 17.7 Å². The first kappa shape index (κ1) is 20.2. The van der Waals surface area contributed by atoms with Crippen LogP contribution in [0.2, 0.25) is 0 Å². The smallest absolute Gasteiger partial charge is 0.416 e. The molecular weight excluding hydrogens is 419 g/mol. The second kappa shape index (κ2) is 7.99. The summed E-state index contributed by atoms with van der Waals surface area (Å²) in [4.78, 5) is 15.0. The van der Waals surface area contributed by atoms with Gasteiger partial charge in [0.15, 0.2) is 0 Å². The van der Waals surface area contributed by atoms with Gasteiger partial charge in [-0.05, 0) is 37.1 Å². The Balaban J connectivity index is 1.55. The molecule has 2 fully saturated rings. The van der Waals surface area contributed by atoms with Crippen LogP contribution in [0, 0.1) is 0 Å². The standard InChI is InChI=1S/C21H18F3NO2S2/c22-21(23,24)14-6-4-5-13(11-14)17-10-9-16(27-17)12-18-19(26)25(20(28)29-18)15-7-2-1-3-8-15/h4-6,9-12,15H,1-3,7-8H2/b18-12-. The number of nitrogens with zero attached hydrogens (tertiary/aromatic N) is 1. The molecule has 2 aromatic rings. The summed E-state index contributed by atoms with van der Waals surface area (Å²) in [6.45, 7) is 0. The number of thiocarbonyl (C=S) groups is 1. The third-order valence-electron chi connectivity index (χ3n) is 5.14. The molecular formula is C21H18F3NO2S2. The minimum Gasteiger partial charge on any atom is -0.457 e. The van der Waals surface area contributed by atoms with Gasteiger partial charge in [-0.25, -0.2) is 0 Å². The zero-order chi connectivity index (χ0) is 20.6. The summed E-state index contributed by atoms with van der Waals surface area (Å²) in [5.74, 6) is 0.593. The molecule has 4 rings (SSSR count). The van der Waals surface area contributed by atoms with Crippen molar-refractivity contribution < 1.29 is 22.4 Å². The average Bonchev–Trinajstić information content (AvgIpc) is 3.27. The summed E-state index contributed by atoms with van der Waals surface area (Å²) in [7, 11) is 0.